The van der Waals surface area contributed by atoms with Gasteiger partial charge in [0.05, 0.1) is 21.3 Å². The van der Waals surface area contributed by atoms with Crippen LogP contribution in [-0.4, -0.2) is 23.6 Å². The first kappa shape index (κ1) is 17.1. The summed E-state index contributed by atoms with van der Waals surface area (Å²) in [7, 11) is 0. The number of aryl methyl sites for hydroxylation is 1. The molecule has 7 heteroatoms. The third-order valence-corrected chi connectivity index (χ3v) is 3.79. The zero-order valence-electron chi connectivity index (χ0n) is 12.1. The van der Waals surface area contributed by atoms with Crippen LogP contribution in [0.5, 0.6) is 5.75 Å². The zero-order chi connectivity index (χ0) is 17.0. The van der Waals surface area contributed by atoms with Crippen molar-refractivity contribution in [2.75, 3.05) is 11.9 Å². The van der Waals surface area contributed by atoms with Crippen molar-refractivity contribution in [3.63, 3.8) is 0 Å². The second kappa shape index (κ2) is 7.35. The lowest BCUT2D eigenvalue weighted by Crippen LogP contribution is -2.21. The van der Waals surface area contributed by atoms with E-state index in [0.717, 1.165) is 5.56 Å². The molecule has 5 nitrogen and oxygen atoms in total. The van der Waals surface area contributed by atoms with Crippen molar-refractivity contribution in [3.8, 4) is 5.75 Å². The van der Waals surface area contributed by atoms with Crippen molar-refractivity contribution in [2.45, 2.75) is 6.92 Å². The molecular formula is C16H13Cl2NO4. The number of hydrogen-bond donors (Lipinski definition) is 2. The normalized spacial score (nSPS) is 10.2. The molecular weight excluding hydrogens is 341 g/mol. The number of halogens is 2. The number of amides is 1. The molecule has 0 atom stereocenters. The van der Waals surface area contributed by atoms with Crippen LogP contribution in [0.2, 0.25) is 10.0 Å². The fourth-order valence-electron chi connectivity index (χ4n) is 1.76. The van der Waals surface area contributed by atoms with E-state index < -0.39 is 18.5 Å². The molecule has 0 heterocycles. The highest BCUT2D eigenvalue weighted by Crippen LogP contribution is 2.32. The number of carbonyl (C=O) groups is 2. The molecule has 0 aromatic heterocycles. The fraction of sp³-hybridized carbons (Fsp3) is 0.125. The average molecular weight is 354 g/mol. The molecule has 0 aliphatic rings. The fourth-order valence-corrected chi connectivity index (χ4v) is 2.22. The first-order chi connectivity index (χ1) is 10.9. The van der Waals surface area contributed by atoms with Crippen LogP contribution in [-0.2, 0) is 9.53 Å². The van der Waals surface area contributed by atoms with Gasteiger partial charge >= 0.3 is 5.97 Å². The van der Waals surface area contributed by atoms with Gasteiger partial charge in [0, 0.05) is 0 Å². The molecule has 0 aliphatic carbocycles. The first-order valence-corrected chi connectivity index (χ1v) is 7.34. The van der Waals surface area contributed by atoms with Crippen molar-refractivity contribution in [2.24, 2.45) is 0 Å². The minimum absolute atomic E-state index is 0.0306. The van der Waals surface area contributed by atoms with E-state index in [0.29, 0.717) is 10.0 Å². The summed E-state index contributed by atoms with van der Waals surface area (Å²) < 4.78 is 4.89. The third kappa shape index (κ3) is 4.37. The van der Waals surface area contributed by atoms with Crippen LogP contribution >= 0.6 is 23.2 Å². The smallest absolute Gasteiger partial charge is 0.338 e. The Balaban J connectivity index is 1.97. The maximum Gasteiger partial charge on any atom is 0.338 e. The largest absolute Gasteiger partial charge is 0.508 e. The minimum atomic E-state index is -0.679. The molecule has 2 rings (SSSR count). The number of benzene rings is 2. The third-order valence-electron chi connectivity index (χ3n) is 2.99. The molecule has 0 saturated heterocycles. The number of rotatable bonds is 4. The van der Waals surface area contributed by atoms with Gasteiger partial charge in [-0.15, -0.1) is 0 Å². The monoisotopic (exact) mass is 353 g/mol. The molecule has 0 radical (unpaired) electrons. The maximum absolute atomic E-state index is 11.9. The Hall–Kier alpha value is -2.24. The van der Waals surface area contributed by atoms with Gasteiger partial charge < -0.3 is 15.2 Å². The van der Waals surface area contributed by atoms with E-state index >= 15 is 0 Å². The lowest BCUT2D eigenvalue weighted by atomic mass is 10.2. The van der Waals surface area contributed by atoms with Crippen molar-refractivity contribution >= 4 is 40.8 Å². The van der Waals surface area contributed by atoms with E-state index in [2.05, 4.69) is 5.32 Å². The molecule has 0 saturated carbocycles. The second-order valence-corrected chi connectivity index (χ2v) is 5.51. The van der Waals surface area contributed by atoms with E-state index in [4.69, 9.17) is 33.0 Å². The van der Waals surface area contributed by atoms with E-state index in [1.807, 2.05) is 0 Å². The van der Waals surface area contributed by atoms with Gasteiger partial charge in [-0.1, -0.05) is 29.3 Å². The van der Waals surface area contributed by atoms with Crippen LogP contribution in [0.3, 0.4) is 0 Å². The molecule has 0 unspecified atom stereocenters. The predicted octanol–water partition coefficient (Wildman–Crippen LogP) is 3.80. The highest BCUT2D eigenvalue weighted by molar-refractivity contribution is 6.40. The van der Waals surface area contributed by atoms with Crippen LogP contribution < -0.4 is 5.32 Å². The summed E-state index contributed by atoms with van der Waals surface area (Å²) in [5.41, 5.74) is 1.26. The molecule has 1 amide bonds. The Morgan fingerprint density at radius 2 is 1.78 bits per heavy atom. The van der Waals surface area contributed by atoms with Crippen molar-refractivity contribution in [3.05, 3.63) is 57.6 Å². The molecule has 120 valence electrons. The highest BCUT2D eigenvalue weighted by Gasteiger charge is 2.14. The van der Waals surface area contributed by atoms with Gasteiger partial charge in [0.2, 0.25) is 0 Å². The van der Waals surface area contributed by atoms with Gasteiger partial charge in [0.15, 0.2) is 6.61 Å². The lowest BCUT2D eigenvalue weighted by Gasteiger charge is -2.11. The summed E-state index contributed by atoms with van der Waals surface area (Å²) in [4.78, 5) is 23.6. The van der Waals surface area contributed by atoms with Crippen molar-refractivity contribution in [1.29, 1.82) is 0 Å². The molecule has 2 aromatic rings. The number of esters is 1. The highest BCUT2D eigenvalue weighted by atomic mass is 35.5. The number of phenolic OH excluding ortho intramolecular Hbond substituents is 1. The maximum atomic E-state index is 11.9. The molecule has 2 aromatic carbocycles. The van der Waals surface area contributed by atoms with E-state index in [1.54, 1.807) is 19.1 Å². The number of ether oxygens (including phenoxy) is 1. The van der Waals surface area contributed by atoms with Gasteiger partial charge in [-0.05, 0) is 42.8 Å². The molecule has 2 N–H and O–H groups in total. The number of aromatic hydroxyl groups is 1. The quantitative estimate of drug-likeness (QED) is 0.819. The number of nitrogens with one attached hydrogen (secondary N) is 1. The van der Waals surface area contributed by atoms with Gasteiger partial charge in [-0.25, -0.2) is 4.79 Å². The first-order valence-electron chi connectivity index (χ1n) is 6.59. The molecule has 23 heavy (non-hydrogen) atoms. The Morgan fingerprint density at radius 1 is 1.13 bits per heavy atom. The Morgan fingerprint density at radius 3 is 2.43 bits per heavy atom. The second-order valence-electron chi connectivity index (χ2n) is 4.72. The molecule has 0 bridgehead atoms. The van der Waals surface area contributed by atoms with Crippen molar-refractivity contribution < 1.29 is 19.4 Å². The molecule has 0 aliphatic heterocycles. The van der Waals surface area contributed by atoms with Gasteiger partial charge in [0.25, 0.3) is 5.91 Å². The predicted molar refractivity (Wildman–Crippen MR) is 88.2 cm³/mol. The van der Waals surface area contributed by atoms with Crippen LogP contribution in [0.1, 0.15) is 15.9 Å². The SMILES string of the molecule is Cc1ccc(Cl)c(NC(=O)COC(=O)c2ccc(O)cc2)c1Cl. The standard InChI is InChI=1S/C16H13Cl2NO4/c1-9-2-7-12(17)15(14(9)18)19-13(21)8-23-16(22)10-3-5-11(20)6-4-10/h2-7,20H,8H2,1H3,(H,19,21). The summed E-state index contributed by atoms with van der Waals surface area (Å²) in [6, 6.07) is 8.83. The Labute approximate surface area is 142 Å². The van der Waals surface area contributed by atoms with Gasteiger partial charge in [-0.2, -0.15) is 0 Å². The number of anilines is 1. The minimum Gasteiger partial charge on any atom is -0.508 e. The lowest BCUT2D eigenvalue weighted by molar-refractivity contribution is -0.119. The number of hydrogen-bond acceptors (Lipinski definition) is 4. The topological polar surface area (TPSA) is 75.6 Å². The molecule has 0 fully saturated rings. The van der Waals surface area contributed by atoms with Crippen LogP contribution in [0, 0.1) is 6.92 Å². The van der Waals surface area contributed by atoms with E-state index in [9.17, 15) is 9.59 Å². The number of carbonyl (C=O) groups excluding carboxylic acids is 2. The summed E-state index contributed by atoms with van der Waals surface area (Å²) in [5.74, 6) is -1.21. The van der Waals surface area contributed by atoms with Gasteiger partial charge in [0.1, 0.15) is 5.75 Å². The van der Waals surface area contributed by atoms with Crippen molar-refractivity contribution in [1.82, 2.24) is 0 Å². The van der Waals surface area contributed by atoms with Crippen LogP contribution in [0.25, 0.3) is 0 Å². The summed E-state index contributed by atoms with van der Waals surface area (Å²) >= 11 is 12.1. The van der Waals surface area contributed by atoms with Crippen LogP contribution in [0.15, 0.2) is 36.4 Å². The summed E-state index contributed by atoms with van der Waals surface area (Å²) in [6.07, 6.45) is 0. The number of phenols is 1. The molecule has 0 spiro atoms. The zero-order valence-corrected chi connectivity index (χ0v) is 13.6. The Bertz CT molecular complexity index is 744. The summed E-state index contributed by atoms with van der Waals surface area (Å²) in [5, 5.41) is 12.3. The van der Waals surface area contributed by atoms with E-state index in [1.165, 1.54) is 24.3 Å². The summed E-state index contributed by atoms with van der Waals surface area (Å²) in [6.45, 7) is 1.29. The van der Waals surface area contributed by atoms with E-state index in [-0.39, 0.29) is 17.0 Å². The Kier molecular flexibility index (Phi) is 5.47. The van der Waals surface area contributed by atoms with Gasteiger partial charge in [-0.3, -0.25) is 4.79 Å². The average Bonchev–Trinajstić information content (AvgIpc) is 2.53. The van der Waals surface area contributed by atoms with Crippen LogP contribution in [0.4, 0.5) is 5.69 Å².